The van der Waals surface area contributed by atoms with E-state index < -0.39 is 5.41 Å². The van der Waals surface area contributed by atoms with Gasteiger partial charge in [-0.25, -0.2) is 0 Å². The summed E-state index contributed by atoms with van der Waals surface area (Å²) in [5.41, 5.74) is 6.48. The van der Waals surface area contributed by atoms with E-state index in [1.54, 1.807) is 0 Å². The van der Waals surface area contributed by atoms with Crippen molar-refractivity contribution >= 4 is 17.4 Å². The molecule has 1 unspecified atom stereocenters. The van der Waals surface area contributed by atoms with Crippen LogP contribution in [0.5, 0.6) is 0 Å². The number of rotatable bonds is 1. The second kappa shape index (κ2) is 5.29. The van der Waals surface area contributed by atoms with E-state index in [0.717, 1.165) is 24.0 Å². The summed E-state index contributed by atoms with van der Waals surface area (Å²) >= 11 is 0. The molecule has 120 valence electrons. The van der Waals surface area contributed by atoms with E-state index in [-0.39, 0.29) is 5.78 Å². The molecule has 0 saturated carbocycles. The zero-order valence-corrected chi connectivity index (χ0v) is 13.9. The average molecular weight is 322 g/mol. The molecule has 3 aromatic rings. The molecular formula is C24H18O. The fraction of sp³-hybridized carbons (Fsp3) is 0.125. The van der Waals surface area contributed by atoms with Crippen LogP contribution in [-0.4, -0.2) is 5.78 Å². The van der Waals surface area contributed by atoms with Crippen LogP contribution in [0.25, 0.3) is 11.6 Å². The van der Waals surface area contributed by atoms with Crippen molar-refractivity contribution in [2.45, 2.75) is 12.8 Å². The van der Waals surface area contributed by atoms with Gasteiger partial charge in [0.1, 0.15) is 0 Å². The summed E-state index contributed by atoms with van der Waals surface area (Å²) in [6, 6.07) is 26.9. The zero-order chi connectivity index (χ0) is 16.9. The third-order valence-electron chi connectivity index (χ3n) is 5.61. The van der Waals surface area contributed by atoms with E-state index in [4.69, 9.17) is 0 Å². The molecule has 25 heavy (non-hydrogen) atoms. The second-order valence-electron chi connectivity index (χ2n) is 7.05. The highest BCUT2D eigenvalue weighted by atomic mass is 16.1. The van der Waals surface area contributed by atoms with Crippen molar-refractivity contribution in [1.29, 1.82) is 0 Å². The summed E-state index contributed by atoms with van der Waals surface area (Å²) in [4.78, 5) is 13.4. The van der Waals surface area contributed by atoms with E-state index in [1.807, 2.05) is 36.4 Å². The topological polar surface area (TPSA) is 17.1 Å². The number of benzene rings is 3. The van der Waals surface area contributed by atoms with E-state index in [1.165, 1.54) is 22.3 Å². The number of carbonyl (C=O) groups is 1. The highest BCUT2D eigenvalue weighted by Gasteiger charge is 2.52. The lowest BCUT2D eigenvalue weighted by Crippen LogP contribution is -2.27. The van der Waals surface area contributed by atoms with E-state index in [0.29, 0.717) is 0 Å². The molecule has 0 radical (unpaired) electrons. The van der Waals surface area contributed by atoms with Gasteiger partial charge in [0.25, 0.3) is 0 Å². The van der Waals surface area contributed by atoms with Crippen LogP contribution in [0.4, 0.5) is 0 Å². The van der Waals surface area contributed by atoms with Crippen molar-refractivity contribution < 1.29 is 4.79 Å². The summed E-state index contributed by atoms with van der Waals surface area (Å²) < 4.78 is 0. The van der Waals surface area contributed by atoms with E-state index in [9.17, 15) is 4.79 Å². The van der Waals surface area contributed by atoms with Crippen LogP contribution >= 0.6 is 0 Å². The Hall–Kier alpha value is -2.93. The number of fused-ring (bicyclic) bond motifs is 2. The Morgan fingerprint density at radius 1 is 0.680 bits per heavy atom. The van der Waals surface area contributed by atoms with Crippen molar-refractivity contribution in [2.75, 3.05) is 0 Å². The van der Waals surface area contributed by atoms with Crippen molar-refractivity contribution in [3.05, 3.63) is 107 Å². The standard InChI is InChI=1S/C24H18O/c25-23-21-13-7-5-11-19(21)16-24(23)15-18-10-4-6-12-20(18)22(24)14-17-8-2-1-3-9-17/h1-14H,15-16H2/b22-14+. The van der Waals surface area contributed by atoms with Gasteiger partial charge in [-0.05, 0) is 40.7 Å². The van der Waals surface area contributed by atoms with Gasteiger partial charge in [0.2, 0.25) is 0 Å². The normalized spacial score (nSPS) is 22.4. The van der Waals surface area contributed by atoms with Gasteiger partial charge in [0, 0.05) is 5.56 Å². The average Bonchev–Trinajstić information content (AvgIpc) is 3.12. The Labute approximate surface area is 147 Å². The molecule has 1 nitrogen and oxygen atoms in total. The van der Waals surface area contributed by atoms with Crippen LogP contribution in [0.15, 0.2) is 78.9 Å². The third kappa shape index (κ3) is 2.05. The van der Waals surface area contributed by atoms with Gasteiger partial charge >= 0.3 is 0 Å². The molecule has 0 aromatic heterocycles. The fourth-order valence-electron chi connectivity index (χ4n) is 4.47. The predicted molar refractivity (Wildman–Crippen MR) is 101 cm³/mol. The number of Topliss-reactive ketones (excluding diaryl/α,β-unsaturated/α-hetero) is 1. The molecule has 0 N–H and O–H groups in total. The lowest BCUT2D eigenvalue weighted by Gasteiger charge is -2.24. The lowest BCUT2D eigenvalue weighted by atomic mass is 9.76. The molecule has 1 spiro atoms. The monoisotopic (exact) mass is 322 g/mol. The van der Waals surface area contributed by atoms with Crippen LogP contribution in [0.3, 0.4) is 0 Å². The van der Waals surface area contributed by atoms with Crippen LogP contribution < -0.4 is 0 Å². The maximum Gasteiger partial charge on any atom is 0.174 e. The van der Waals surface area contributed by atoms with Gasteiger partial charge in [-0.15, -0.1) is 0 Å². The van der Waals surface area contributed by atoms with Gasteiger partial charge in [0.05, 0.1) is 5.41 Å². The number of hydrogen-bond acceptors (Lipinski definition) is 1. The molecule has 0 amide bonds. The highest BCUT2D eigenvalue weighted by Crippen LogP contribution is 2.54. The van der Waals surface area contributed by atoms with Crippen LogP contribution in [0.1, 0.15) is 32.6 Å². The van der Waals surface area contributed by atoms with Gasteiger partial charge in [-0.1, -0.05) is 84.9 Å². The zero-order valence-electron chi connectivity index (χ0n) is 13.9. The predicted octanol–water partition coefficient (Wildman–Crippen LogP) is 5.21. The second-order valence-corrected chi connectivity index (χ2v) is 7.05. The molecule has 5 rings (SSSR count). The first-order chi connectivity index (χ1) is 12.3. The van der Waals surface area contributed by atoms with E-state index >= 15 is 0 Å². The molecule has 1 heteroatoms. The summed E-state index contributed by atoms with van der Waals surface area (Å²) in [5.74, 6) is 0.279. The minimum atomic E-state index is -0.441. The molecule has 0 heterocycles. The molecular weight excluding hydrogens is 304 g/mol. The Kier molecular flexibility index (Phi) is 3.05. The largest absolute Gasteiger partial charge is 0.293 e. The van der Waals surface area contributed by atoms with Crippen LogP contribution in [-0.2, 0) is 12.8 Å². The minimum Gasteiger partial charge on any atom is -0.293 e. The smallest absolute Gasteiger partial charge is 0.174 e. The maximum absolute atomic E-state index is 13.4. The number of hydrogen-bond donors (Lipinski definition) is 0. The van der Waals surface area contributed by atoms with E-state index in [2.05, 4.69) is 48.5 Å². The Morgan fingerprint density at radius 2 is 1.24 bits per heavy atom. The molecule has 1 atom stereocenters. The summed E-state index contributed by atoms with van der Waals surface area (Å²) in [6.07, 6.45) is 3.82. The van der Waals surface area contributed by atoms with Gasteiger partial charge in [0.15, 0.2) is 5.78 Å². The number of carbonyl (C=O) groups excluding carboxylic acids is 1. The first-order valence-corrected chi connectivity index (χ1v) is 8.76. The van der Waals surface area contributed by atoms with Gasteiger partial charge in [-0.3, -0.25) is 4.79 Å². The first-order valence-electron chi connectivity index (χ1n) is 8.76. The summed E-state index contributed by atoms with van der Waals surface area (Å²) in [5, 5.41) is 0. The Bertz CT molecular complexity index is 1010. The van der Waals surface area contributed by atoms with Crippen molar-refractivity contribution in [3.63, 3.8) is 0 Å². The number of ketones is 1. The molecule has 0 fully saturated rings. The quantitative estimate of drug-likeness (QED) is 0.601. The van der Waals surface area contributed by atoms with Crippen molar-refractivity contribution in [2.24, 2.45) is 5.41 Å². The minimum absolute atomic E-state index is 0.279. The Morgan fingerprint density at radius 3 is 1.92 bits per heavy atom. The summed E-state index contributed by atoms with van der Waals surface area (Å²) in [6.45, 7) is 0. The van der Waals surface area contributed by atoms with Crippen molar-refractivity contribution in [3.8, 4) is 0 Å². The lowest BCUT2D eigenvalue weighted by molar-refractivity contribution is 0.0890. The SMILES string of the molecule is O=C1c2ccccc2CC12Cc1ccccc1/C2=C\c1ccccc1. The highest BCUT2D eigenvalue weighted by molar-refractivity contribution is 6.15. The molecule has 0 bridgehead atoms. The van der Waals surface area contributed by atoms with Crippen LogP contribution in [0.2, 0.25) is 0 Å². The molecule has 2 aliphatic rings. The van der Waals surface area contributed by atoms with Gasteiger partial charge < -0.3 is 0 Å². The number of allylic oxidation sites excluding steroid dienone is 1. The van der Waals surface area contributed by atoms with Crippen molar-refractivity contribution in [1.82, 2.24) is 0 Å². The summed E-state index contributed by atoms with van der Waals surface area (Å²) in [7, 11) is 0. The molecule has 3 aromatic carbocycles. The third-order valence-corrected chi connectivity index (χ3v) is 5.61. The van der Waals surface area contributed by atoms with Gasteiger partial charge in [-0.2, -0.15) is 0 Å². The molecule has 0 aliphatic heterocycles. The Balaban J connectivity index is 1.73. The molecule has 0 saturated heterocycles. The fourth-order valence-corrected chi connectivity index (χ4v) is 4.47. The first kappa shape index (κ1) is 14.4. The van der Waals surface area contributed by atoms with Crippen LogP contribution in [0, 0.1) is 5.41 Å². The maximum atomic E-state index is 13.4. The molecule has 2 aliphatic carbocycles.